The van der Waals surface area contributed by atoms with Gasteiger partial charge in [0.15, 0.2) is 0 Å². The van der Waals surface area contributed by atoms with Crippen molar-refractivity contribution < 1.29 is 4.79 Å². The van der Waals surface area contributed by atoms with E-state index in [1.165, 1.54) is 33.4 Å². The molecule has 0 radical (unpaired) electrons. The molecule has 0 fully saturated rings. The van der Waals surface area contributed by atoms with Gasteiger partial charge in [-0.25, -0.2) is 0 Å². The Labute approximate surface area is 108 Å². The molecule has 0 heterocycles. The molecule has 0 saturated carbocycles. The van der Waals surface area contributed by atoms with E-state index in [-0.39, 0.29) is 11.8 Å². The van der Waals surface area contributed by atoms with Gasteiger partial charge in [-0.05, 0) is 68.0 Å². The number of alkyl halides is 1. The van der Waals surface area contributed by atoms with Gasteiger partial charge in [-0.1, -0.05) is 0 Å². The Morgan fingerprint density at radius 2 is 1.35 bits per heavy atom. The molecule has 1 aromatic carbocycles. The maximum atomic E-state index is 11.2. The predicted octanol–water partition coefficient (Wildman–Crippen LogP) is 3.08. The van der Waals surface area contributed by atoms with E-state index in [4.69, 9.17) is 11.6 Å². The fourth-order valence-corrected chi connectivity index (χ4v) is 2.17. The minimum absolute atomic E-state index is 0.0158. The minimum Gasteiger partial charge on any atom is -0.351 e. The predicted molar refractivity (Wildman–Crippen MR) is 72.7 cm³/mol. The van der Waals surface area contributed by atoms with E-state index in [9.17, 15) is 4.79 Å². The van der Waals surface area contributed by atoms with Crippen LogP contribution in [0.1, 0.15) is 33.4 Å². The van der Waals surface area contributed by atoms with Gasteiger partial charge in [0.1, 0.15) is 5.88 Å². The number of hydrogen-bond acceptors (Lipinski definition) is 1. The van der Waals surface area contributed by atoms with E-state index in [0.717, 1.165) is 0 Å². The van der Waals surface area contributed by atoms with Crippen LogP contribution in [-0.4, -0.2) is 11.8 Å². The average Bonchev–Trinajstić information content (AvgIpc) is 2.33. The molecule has 0 bridgehead atoms. The number of benzene rings is 1. The fourth-order valence-electron chi connectivity index (χ4n) is 2.08. The first-order valence-corrected chi connectivity index (χ1v) is 6.32. The highest BCUT2D eigenvalue weighted by molar-refractivity contribution is 6.27. The van der Waals surface area contributed by atoms with Crippen molar-refractivity contribution in [1.82, 2.24) is 5.32 Å². The first-order chi connectivity index (χ1) is 7.90. The normalized spacial score (nSPS) is 10.5. The van der Waals surface area contributed by atoms with E-state index in [1.807, 2.05) is 0 Å². The summed E-state index contributed by atoms with van der Waals surface area (Å²) in [4.78, 5) is 11.2. The quantitative estimate of drug-likeness (QED) is 0.825. The molecule has 0 atom stereocenters. The summed E-state index contributed by atoms with van der Waals surface area (Å²) in [6.45, 7) is 11.2. The number of halogens is 1. The van der Waals surface area contributed by atoms with Crippen LogP contribution in [0.15, 0.2) is 0 Å². The second-order valence-electron chi connectivity index (χ2n) is 4.51. The van der Waals surface area contributed by atoms with Crippen LogP contribution in [-0.2, 0) is 11.3 Å². The Hall–Kier alpha value is -1.02. The number of amides is 1. The zero-order chi connectivity index (χ0) is 13.2. The molecule has 0 aliphatic rings. The summed E-state index contributed by atoms with van der Waals surface area (Å²) in [6.07, 6.45) is 0. The van der Waals surface area contributed by atoms with Gasteiger partial charge >= 0.3 is 0 Å². The average molecular weight is 254 g/mol. The monoisotopic (exact) mass is 253 g/mol. The van der Waals surface area contributed by atoms with Gasteiger partial charge < -0.3 is 5.32 Å². The van der Waals surface area contributed by atoms with E-state index < -0.39 is 0 Å². The second-order valence-corrected chi connectivity index (χ2v) is 4.78. The molecule has 0 aliphatic carbocycles. The molecule has 17 heavy (non-hydrogen) atoms. The highest BCUT2D eigenvalue weighted by atomic mass is 35.5. The van der Waals surface area contributed by atoms with E-state index in [1.54, 1.807) is 0 Å². The molecule has 0 spiro atoms. The third kappa shape index (κ3) is 2.81. The molecule has 0 unspecified atom stereocenters. The topological polar surface area (TPSA) is 29.1 Å². The van der Waals surface area contributed by atoms with Crippen molar-refractivity contribution in [2.45, 2.75) is 41.2 Å². The number of carbonyl (C=O) groups is 1. The zero-order valence-electron chi connectivity index (χ0n) is 11.2. The van der Waals surface area contributed by atoms with E-state index in [2.05, 4.69) is 39.9 Å². The standard InChI is InChI=1S/C14H20ClNO/c1-8-9(2)11(4)13(12(5)10(8)3)7-16-14(17)6-15/h6-7H2,1-5H3,(H,16,17). The number of hydrogen-bond donors (Lipinski definition) is 1. The third-order valence-electron chi connectivity index (χ3n) is 3.74. The molecule has 3 heteroatoms. The molecule has 1 amide bonds. The summed E-state index contributed by atoms with van der Waals surface area (Å²) in [5.41, 5.74) is 7.70. The van der Waals surface area contributed by atoms with Crippen LogP contribution in [0, 0.1) is 34.6 Å². The van der Waals surface area contributed by atoms with Gasteiger partial charge in [0.05, 0.1) is 0 Å². The summed E-state index contributed by atoms with van der Waals surface area (Å²) in [7, 11) is 0. The van der Waals surface area contributed by atoms with Crippen molar-refractivity contribution in [2.75, 3.05) is 5.88 Å². The molecule has 0 aliphatic heterocycles. The van der Waals surface area contributed by atoms with Gasteiger partial charge in [-0.3, -0.25) is 4.79 Å². The van der Waals surface area contributed by atoms with Crippen molar-refractivity contribution in [2.24, 2.45) is 0 Å². The van der Waals surface area contributed by atoms with Crippen molar-refractivity contribution in [3.8, 4) is 0 Å². The minimum atomic E-state index is -0.124. The summed E-state index contributed by atoms with van der Waals surface area (Å²) < 4.78 is 0. The van der Waals surface area contributed by atoms with Crippen molar-refractivity contribution in [3.05, 3.63) is 33.4 Å². The van der Waals surface area contributed by atoms with Crippen molar-refractivity contribution in [1.29, 1.82) is 0 Å². The fraction of sp³-hybridized carbons (Fsp3) is 0.500. The first kappa shape index (κ1) is 14.0. The van der Waals surface area contributed by atoms with Gasteiger partial charge in [0.25, 0.3) is 0 Å². The summed E-state index contributed by atoms with van der Waals surface area (Å²) >= 11 is 5.47. The maximum absolute atomic E-state index is 11.2. The van der Waals surface area contributed by atoms with Crippen molar-refractivity contribution in [3.63, 3.8) is 0 Å². The lowest BCUT2D eigenvalue weighted by Crippen LogP contribution is -2.25. The van der Waals surface area contributed by atoms with Crippen LogP contribution in [0.2, 0.25) is 0 Å². The Kier molecular flexibility index (Phi) is 4.58. The molecule has 2 nitrogen and oxygen atoms in total. The molecule has 0 saturated heterocycles. The molecular formula is C14H20ClNO. The SMILES string of the molecule is Cc1c(C)c(C)c(CNC(=O)CCl)c(C)c1C. The Morgan fingerprint density at radius 1 is 0.941 bits per heavy atom. The lowest BCUT2D eigenvalue weighted by Gasteiger charge is -2.18. The van der Waals surface area contributed by atoms with Crippen LogP contribution in [0.4, 0.5) is 0 Å². The molecule has 1 aromatic rings. The largest absolute Gasteiger partial charge is 0.351 e. The van der Waals surface area contributed by atoms with Gasteiger partial charge in [-0.15, -0.1) is 11.6 Å². The Morgan fingerprint density at radius 3 is 1.76 bits per heavy atom. The van der Waals surface area contributed by atoms with Crippen LogP contribution < -0.4 is 5.32 Å². The molecule has 0 aromatic heterocycles. The van der Waals surface area contributed by atoms with Crippen LogP contribution in [0.5, 0.6) is 0 Å². The maximum Gasteiger partial charge on any atom is 0.235 e. The number of rotatable bonds is 3. The molecule has 1 N–H and O–H groups in total. The zero-order valence-corrected chi connectivity index (χ0v) is 12.0. The molecule has 1 rings (SSSR count). The Balaban J connectivity index is 3.12. The van der Waals surface area contributed by atoms with Gasteiger partial charge in [0, 0.05) is 6.54 Å². The second kappa shape index (κ2) is 5.54. The number of nitrogens with one attached hydrogen (secondary N) is 1. The first-order valence-electron chi connectivity index (χ1n) is 5.78. The Bertz CT molecular complexity index is 423. The third-order valence-corrected chi connectivity index (χ3v) is 3.98. The number of carbonyl (C=O) groups excluding carboxylic acids is 1. The summed E-state index contributed by atoms with van der Waals surface area (Å²) in [5.74, 6) is -0.108. The lowest BCUT2D eigenvalue weighted by molar-refractivity contribution is -0.118. The van der Waals surface area contributed by atoms with Crippen LogP contribution in [0.3, 0.4) is 0 Å². The van der Waals surface area contributed by atoms with E-state index in [0.29, 0.717) is 6.54 Å². The van der Waals surface area contributed by atoms with Crippen LogP contribution >= 0.6 is 11.6 Å². The highest BCUT2D eigenvalue weighted by Gasteiger charge is 2.12. The molecule has 94 valence electrons. The van der Waals surface area contributed by atoms with Gasteiger partial charge in [0.2, 0.25) is 5.91 Å². The summed E-state index contributed by atoms with van der Waals surface area (Å²) in [6, 6.07) is 0. The van der Waals surface area contributed by atoms with E-state index >= 15 is 0 Å². The molecular weight excluding hydrogens is 234 g/mol. The highest BCUT2D eigenvalue weighted by Crippen LogP contribution is 2.25. The summed E-state index contributed by atoms with van der Waals surface area (Å²) in [5, 5.41) is 2.83. The smallest absolute Gasteiger partial charge is 0.235 e. The van der Waals surface area contributed by atoms with Crippen molar-refractivity contribution >= 4 is 17.5 Å². The van der Waals surface area contributed by atoms with Gasteiger partial charge in [-0.2, -0.15) is 0 Å². The van der Waals surface area contributed by atoms with Crippen LogP contribution in [0.25, 0.3) is 0 Å². The lowest BCUT2D eigenvalue weighted by atomic mass is 9.89.